The van der Waals surface area contributed by atoms with Crippen molar-refractivity contribution in [3.63, 3.8) is 0 Å². The van der Waals surface area contributed by atoms with Crippen LogP contribution in [0.15, 0.2) is 47.6 Å². The number of hydrogen-bond donors (Lipinski definition) is 1. The van der Waals surface area contributed by atoms with Crippen LogP contribution in [0.5, 0.6) is 17.2 Å². The van der Waals surface area contributed by atoms with Crippen molar-refractivity contribution in [1.29, 1.82) is 0 Å². The highest BCUT2D eigenvalue weighted by atomic mass is 16.5. The Kier molecular flexibility index (Phi) is 5.28. The second-order valence-electron chi connectivity index (χ2n) is 5.76. The average Bonchev–Trinajstić information content (AvgIpc) is 2.67. The van der Waals surface area contributed by atoms with E-state index in [0.717, 1.165) is 37.6 Å². The molecular weight excluding hydrogens is 318 g/mol. The van der Waals surface area contributed by atoms with Gasteiger partial charge in [0, 0.05) is 18.7 Å². The van der Waals surface area contributed by atoms with E-state index in [2.05, 4.69) is 16.1 Å². The van der Waals surface area contributed by atoms with E-state index in [0.29, 0.717) is 11.3 Å². The van der Waals surface area contributed by atoms with Crippen LogP contribution in [0.2, 0.25) is 0 Å². The van der Waals surface area contributed by atoms with Gasteiger partial charge in [0.25, 0.3) is 0 Å². The number of phenols is 1. The third kappa shape index (κ3) is 3.79. The molecule has 0 atom stereocenters. The van der Waals surface area contributed by atoms with Crippen LogP contribution in [0.1, 0.15) is 5.56 Å². The topological polar surface area (TPSA) is 57.5 Å². The summed E-state index contributed by atoms with van der Waals surface area (Å²) in [4.78, 5) is 2.30. The number of aromatic hydroxyl groups is 1. The monoisotopic (exact) mass is 341 g/mol. The smallest absolute Gasteiger partial charge is 0.166 e. The Hall–Kier alpha value is -2.89. The fourth-order valence-electron chi connectivity index (χ4n) is 2.90. The minimum Gasteiger partial charge on any atom is -0.504 e. The summed E-state index contributed by atoms with van der Waals surface area (Å²) in [6.07, 6.45) is 1.68. The zero-order valence-corrected chi connectivity index (χ0v) is 14.6. The van der Waals surface area contributed by atoms with Crippen LogP contribution >= 0.6 is 0 Å². The molecule has 1 fully saturated rings. The molecule has 0 saturated carbocycles. The second kappa shape index (κ2) is 7.79. The lowest BCUT2D eigenvalue weighted by Gasteiger charge is -2.35. The fourth-order valence-corrected chi connectivity index (χ4v) is 2.90. The van der Waals surface area contributed by atoms with Gasteiger partial charge in [0.15, 0.2) is 11.5 Å². The van der Waals surface area contributed by atoms with Crippen molar-refractivity contribution >= 4 is 11.9 Å². The quantitative estimate of drug-likeness (QED) is 0.847. The molecule has 0 aliphatic carbocycles. The largest absolute Gasteiger partial charge is 0.504 e. The predicted molar refractivity (Wildman–Crippen MR) is 99.0 cm³/mol. The van der Waals surface area contributed by atoms with E-state index in [4.69, 9.17) is 9.47 Å². The summed E-state index contributed by atoms with van der Waals surface area (Å²) in [5.41, 5.74) is 1.76. The summed E-state index contributed by atoms with van der Waals surface area (Å²) in [6.45, 7) is 3.34. The molecule has 1 aliphatic rings. The van der Waals surface area contributed by atoms with Crippen LogP contribution in [0.25, 0.3) is 0 Å². The van der Waals surface area contributed by atoms with Gasteiger partial charge in [-0.3, -0.25) is 5.01 Å². The number of piperazine rings is 1. The van der Waals surface area contributed by atoms with Crippen molar-refractivity contribution in [3.05, 3.63) is 48.0 Å². The molecule has 3 rings (SSSR count). The molecule has 0 amide bonds. The first-order chi connectivity index (χ1) is 12.2. The molecule has 6 nitrogen and oxygen atoms in total. The number of phenolic OH excluding ortho intramolecular Hbond substituents is 1. The van der Waals surface area contributed by atoms with E-state index in [1.165, 1.54) is 7.11 Å². The van der Waals surface area contributed by atoms with E-state index in [-0.39, 0.29) is 5.75 Å². The van der Waals surface area contributed by atoms with Crippen molar-refractivity contribution in [2.75, 3.05) is 45.3 Å². The highest BCUT2D eigenvalue weighted by Gasteiger charge is 2.18. The number of anilines is 1. The van der Waals surface area contributed by atoms with Gasteiger partial charge in [-0.2, -0.15) is 5.10 Å². The highest BCUT2D eigenvalue weighted by Crippen LogP contribution is 2.29. The molecular formula is C19H23N3O3. The lowest BCUT2D eigenvalue weighted by molar-refractivity contribution is 0.271. The van der Waals surface area contributed by atoms with Gasteiger partial charge in [-0.05, 0) is 24.3 Å². The lowest BCUT2D eigenvalue weighted by atomic mass is 10.2. The predicted octanol–water partition coefficient (Wildman–Crippen LogP) is 2.57. The molecule has 1 heterocycles. The number of benzene rings is 2. The summed E-state index contributed by atoms with van der Waals surface area (Å²) >= 11 is 0. The molecule has 132 valence electrons. The summed E-state index contributed by atoms with van der Waals surface area (Å²) in [5.74, 6) is 1.45. The fraction of sp³-hybridized carbons (Fsp3) is 0.316. The van der Waals surface area contributed by atoms with Gasteiger partial charge in [0.1, 0.15) is 5.75 Å². The summed E-state index contributed by atoms with van der Waals surface area (Å²) in [6, 6.07) is 13.4. The van der Waals surface area contributed by atoms with Crippen LogP contribution < -0.4 is 14.4 Å². The minimum absolute atomic E-state index is 0.112. The Labute approximate surface area is 147 Å². The van der Waals surface area contributed by atoms with Crippen molar-refractivity contribution in [3.8, 4) is 17.2 Å². The maximum absolute atomic E-state index is 10.1. The molecule has 1 aliphatic heterocycles. The van der Waals surface area contributed by atoms with E-state index < -0.39 is 0 Å². The number of hydrogen-bond acceptors (Lipinski definition) is 6. The lowest BCUT2D eigenvalue weighted by Crippen LogP contribution is -2.44. The van der Waals surface area contributed by atoms with Crippen molar-refractivity contribution in [2.45, 2.75) is 0 Å². The maximum Gasteiger partial charge on any atom is 0.166 e. The third-order valence-corrected chi connectivity index (χ3v) is 4.29. The standard InChI is InChI=1S/C19H23N3O3/c1-24-17-8-4-3-7-16(17)21-10-12-22(13-11-21)20-14-15-6-5-9-18(25-2)19(15)23/h3-9,14,23H,10-13H2,1-2H3. The van der Waals surface area contributed by atoms with Crippen molar-refractivity contribution < 1.29 is 14.6 Å². The molecule has 0 aromatic heterocycles. The van der Waals surface area contributed by atoms with Crippen LogP contribution in [0.4, 0.5) is 5.69 Å². The molecule has 0 radical (unpaired) electrons. The first kappa shape index (κ1) is 17.0. The van der Waals surface area contributed by atoms with E-state index in [1.807, 2.05) is 35.3 Å². The molecule has 1 N–H and O–H groups in total. The molecule has 25 heavy (non-hydrogen) atoms. The third-order valence-electron chi connectivity index (χ3n) is 4.29. The van der Waals surface area contributed by atoms with Gasteiger partial charge in [-0.15, -0.1) is 0 Å². The van der Waals surface area contributed by atoms with Gasteiger partial charge in [0.2, 0.25) is 0 Å². The number of methoxy groups -OCH3 is 2. The highest BCUT2D eigenvalue weighted by molar-refractivity contribution is 5.84. The first-order valence-electron chi connectivity index (χ1n) is 8.26. The molecule has 2 aromatic rings. The molecule has 0 bridgehead atoms. The van der Waals surface area contributed by atoms with Crippen LogP contribution in [-0.2, 0) is 0 Å². The Balaban J connectivity index is 1.63. The Morgan fingerprint density at radius 1 is 0.920 bits per heavy atom. The maximum atomic E-state index is 10.1. The molecule has 0 unspecified atom stereocenters. The molecule has 2 aromatic carbocycles. The number of ether oxygens (including phenoxy) is 2. The summed E-state index contributed by atoms with van der Waals surface area (Å²) in [7, 11) is 3.23. The van der Waals surface area contributed by atoms with Gasteiger partial charge >= 0.3 is 0 Å². The average molecular weight is 341 g/mol. The van der Waals surface area contributed by atoms with E-state index in [1.54, 1.807) is 19.4 Å². The van der Waals surface area contributed by atoms with Crippen LogP contribution in [0, 0.1) is 0 Å². The van der Waals surface area contributed by atoms with Gasteiger partial charge in [-0.1, -0.05) is 18.2 Å². The zero-order valence-electron chi connectivity index (χ0n) is 14.6. The molecule has 0 spiro atoms. The minimum atomic E-state index is 0.112. The van der Waals surface area contributed by atoms with Crippen LogP contribution in [0.3, 0.4) is 0 Å². The number of para-hydroxylation sites is 3. The summed E-state index contributed by atoms with van der Waals surface area (Å²) in [5, 5.41) is 16.6. The van der Waals surface area contributed by atoms with Crippen LogP contribution in [-0.4, -0.2) is 56.7 Å². The van der Waals surface area contributed by atoms with E-state index >= 15 is 0 Å². The Bertz CT molecular complexity index is 740. The van der Waals surface area contributed by atoms with E-state index in [9.17, 15) is 5.11 Å². The Morgan fingerprint density at radius 3 is 2.32 bits per heavy atom. The molecule has 1 saturated heterocycles. The van der Waals surface area contributed by atoms with Gasteiger partial charge < -0.3 is 19.5 Å². The summed E-state index contributed by atoms with van der Waals surface area (Å²) < 4.78 is 10.6. The normalized spacial score (nSPS) is 14.8. The van der Waals surface area contributed by atoms with Crippen molar-refractivity contribution in [1.82, 2.24) is 5.01 Å². The van der Waals surface area contributed by atoms with Crippen molar-refractivity contribution in [2.24, 2.45) is 5.10 Å². The molecule has 6 heteroatoms. The second-order valence-corrected chi connectivity index (χ2v) is 5.76. The number of hydrazone groups is 1. The zero-order chi connectivity index (χ0) is 17.6. The number of rotatable bonds is 5. The SMILES string of the molecule is COc1ccccc1N1CCN(N=Cc2cccc(OC)c2O)CC1. The number of nitrogens with zero attached hydrogens (tertiary/aromatic N) is 3. The first-order valence-corrected chi connectivity index (χ1v) is 8.26. The van der Waals surface area contributed by atoms with Gasteiger partial charge in [-0.25, -0.2) is 0 Å². The Morgan fingerprint density at radius 2 is 1.60 bits per heavy atom. The van der Waals surface area contributed by atoms with Gasteiger partial charge in [0.05, 0.1) is 39.2 Å².